The molecule has 2 aromatic heterocycles. The lowest BCUT2D eigenvalue weighted by molar-refractivity contribution is 0.493. The summed E-state index contributed by atoms with van der Waals surface area (Å²) in [5, 5.41) is 0. The molecule has 0 saturated heterocycles. The highest BCUT2D eigenvalue weighted by atomic mass is 16.4. The van der Waals surface area contributed by atoms with Gasteiger partial charge in [-0.1, -0.05) is 49.1 Å². The summed E-state index contributed by atoms with van der Waals surface area (Å²) in [5.41, 5.74) is 5.05. The molecule has 0 aliphatic heterocycles. The fourth-order valence-corrected chi connectivity index (χ4v) is 3.86. The van der Waals surface area contributed by atoms with Crippen LogP contribution >= 0.6 is 0 Å². The van der Waals surface area contributed by atoms with Crippen LogP contribution in [0, 0.1) is 5.92 Å². The molecule has 4 heteroatoms. The quantitative estimate of drug-likeness (QED) is 0.480. The van der Waals surface area contributed by atoms with Crippen LogP contribution in [0.5, 0.6) is 0 Å². The molecule has 2 atom stereocenters. The van der Waals surface area contributed by atoms with E-state index in [0.717, 1.165) is 33.3 Å². The molecule has 6 rings (SSSR count). The molecule has 2 aromatic carbocycles. The Bertz CT molecular complexity index is 1210. The third-order valence-corrected chi connectivity index (χ3v) is 5.37. The van der Waals surface area contributed by atoms with Gasteiger partial charge in [-0.25, -0.2) is 9.97 Å². The first-order chi connectivity index (χ1) is 12.8. The van der Waals surface area contributed by atoms with Gasteiger partial charge in [0, 0.05) is 11.5 Å². The fraction of sp³-hybridized carbons (Fsp3) is 0.0909. The van der Waals surface area contributed by atoms with E-state index < -0.39 is 0 Å². The lowest BCUT2D eigenvalue weighted by Crippen LogP contribution is -2.09. The molecule has 0 spiro atoms. The second-order valence-corrected chi connectivity index (χ2v) is 6.80. The van der Waals surface area contributed by atoms with Gasteiger partial charge in [-0.2, -0.15) is 0 Å². The van der Waals surface area contributed by atoms with Gasteiger partial charge in [-0.15, -0.1) is 0 Å². The molecule has 1 fully saturated rings. The number of aromatic nitrogens is 2. The fourth-order valence-electron chi connectivity index (χ4n) is 3.86. The van der Waals surface area contributed by atoms with Gasteiger partial charge in [0.25, 0.3) is 0 Å². The molecule has 4 nitrogen and oxygen atoms in total. The van der Waals surface area contributed by atoms with Crippen LogP contribution in [0.2, 0.25) is 0 Å². The van der Waals surface area contributed by atoms with Crippen molar-refractivity contribution in [2.45, 2.75) is 5.41 Å². The van der Waals surface area contributed by atoms with Crippen LogP contribution in [0.15, 0.2) is 87.7 Å². The number of rotatable bonds is 2. The third kappa shape index (κ3) is 1.68. The Morgan fingerprint density at radius 1 is 0.885 bits per heavy atom. The summed E-state index contributed by atoms with van der Waals surface area (Å²) >= 11 is 0. The molecule has 0 radical (unpaired) electrons. The smallest absolute Gasteiger partial charge is 0.226 e. The van der Waals surface area contributed by atoms with E-state index in [9.17, 15) is 0 Å². The van der Waals surface area contributed by atoms with Crippen LogP contribution in [0.3, 0.4) is 0 Å². The normalized spacial score (nSPS) is 24.1. The predicted octanol–water partition coefficient (Wildman–Crippen LogP) is 5.05. The van der Waals surface area contributed by atoms with Gasteiger partial charge in [-0.05, 0) is 29.8 Å². The van der Waals surface area contributed by atoms with E-state index in [1.807, 2.05) is 54.6 Å². The second kappa shape index (κ2) is 4.61. The average Bonchev–Trinajstić information content (AvgIpc) is 3.05. The van der Waals surface area contributed by atoms with Crippen LogP contribution < -0.4 is 0 Å². The maximum atomic E-state index is 6.02. The lowest BCUT2D eigenvalue weighted by Gasteiger charge is -2.10. The Balaban J connectivity index is 1.42. The van der Waals surface area contributed by atoms with E-state index >= 15 is 0 Å². The summed E-state index contributed by atoms with van der Waals surface area (Å²) in [6.45, 7) is 4.25. The first kappa shape index (κ1) is 13.8. The highest BCUT2D eigenvalue weighted by molar-refractivity contribution is 5.82. The minimum Gasteiger partial charge on any atom is -0.439 e. The number of hydrogen-bond donors (Lipinski definition) is 0. The summed E-state index contributed by atoms with van der Waals surface area (Å²) in [6.07, 6.45) is 6.31. The molecule has 26 heavy (non-hydrogen) atoms. The minimum absolute atomic E-state index is 0.158. The zero-order chi connectivity index (χ0) is 17.3. The van der Waals surface area contributed by atoms with Crippen LogP contribution in [0.25, 0.3) is 27.8 Å². The van der Waals surface area contributed by atoms with Crippen LogP contribution in [0.1, 0.15) is 11.8 Å². The predicted molar refractivity (Wildman–Crippen MR) is 99.4 cm³/mol. The van der Waals surface area contributed by atoms with Crippen LogP contribution in [-0.2, 0) is 5.41 Å². The third-order valence-electron chi connectivity index (χ3n) is 5.37. The van der Waals surface area contributed by atoms with Gasteiger partial charge >= 0.3 is 0 Å². The largest absolute Gasteiger partial charge is 0.439 e. The first-order valence-electron chi connectivity index (χ1n) is 8.58. The lowest BCUT2D eigenvalue weighted by atomic mass is 9.95. The van der Waals surface area contributed by atoms with Crippen molar-refractivity contribution < 1.29 is 8.83 Å². The second-order valence-electron chi connectivity index (χ2n) is 6.80. The SMILES string of the molecule is C=C1C2C=C(c3nc4ccccc4o3)C=CC12c1nc2ccccc2o1. The van der Waals surface area contributed by atoms with Gasteiger partial charge < -0.3 is 8.83 Å². The van der Waals surface area contributed by atoms with E-state index in [1.165, 1.54) is 0 Å². The van der Waals surface area contributed by atoms with E-state index in [0.29, 0.717) is 11.8 Å². The average molecular weight is 338 g/mol. The Morgan fingerprint density at radius 3 is 2.27 bits per heavy atom. The standard InChI is InChI=1S/C22H14N2O2/c1-13-15-12-14(20-23-16-6-2-4-8-18(16)25-20)10-11-22(13,15)21-24-17-7-3-5-9-19(17)26-21/h2-12,15H,1H2. The molecule has 124 valence electrons. The van der Waals surface area contributed by atoms with Crippen molar-refractivity contribution in [3.05, 3.63) is 90.7 Å². The van der Waals surface area contributed by atoms with E-state index in [1.54, 1.807) is 0 Å². The molecular weight excluding hydrogens is 324 g/mol. The number of hydrogen-bond acceptors (Lipinski definition) is 4. The topological polar surface area (TPSA) is 52.1 Å². The minimum atomic E-state index is -0.339. The molecule has 2 aliphatic rings. The molecular formula is C22H14N2O2. The summed E-state index contributed by atoms with van der Waals surface area (Å²) in [5.74, 6) is 1.50. The molecule has 2 aliphatic carbocycles. The Morgan fingerprint density at radius 2 is 1.58 bits per heavy atom. The van der Waals surface area contributed by atoms with E-state index in [2.05, 4.69) is 28.7 Å². The van der Waals surface area contributed by atoms with Crippen molar-refractivity contribution in [3.63, 3.8) is 0 Å². The van der Waals surface area contributed by atoms with Gasteiger partial charge in [0.2, 0.25) is 11.8 Å². The molecule has 2 heterocycles. The number of oxazole rings is 2. The van der Waals surface area contributed by atoms with Gasteiger partial charge in [-0.3, -0.25) is 0 Å². The molecule has 0 N–H and O–H groups in total. The zero-order valence-corrected chi connectivity index (χ0v) is 13.8. The van der Waals surface area contributed by atoms with E-state index in [-0.39, 0.29) is 11.3 Å². The maximum Gasteiger partial charge on any atom is 0.226 e. The van der Waals surface area contributed by atoms with Crippen molar-refractivity contribution >= 4 is 27.8 Å². The number of allylic oxidation sites excluding steroid dienone is 5. The number of benzene rings is 2. The number of fused-ring (bicyclic) bond motifs is 3. The van der Waals surface area contributed by atoms with Crippen molar-refractivity contribution in [1.29, 1.82) is 0 Å². The van der Waals surface area contributed by atoms with Crippen LogP contribution in [0.4, 0.5) is 0 Å². The van der Waals surface area contributed by atoms with Crippen molar-refractivity contribution in [2.24, 2.45) is 5.92 Å². The van der Waals surface area contributed by atoms with Crippen molar-refractivity contribution in [3.8, 4) is 0 Å². The Hall–Kier alpha value is -3.40. The summed E-state index contributed by atoms with van der Waals surface area (Å²) in [7, 11) is 0. The molecule has 1 saturated carbocycles. The molecule has 0 amide bonds. The molecule has 0 bridgehead atoms. The van der Waals surface area contributed by atoms with Gasteiger partial charge in [0.05, 0.1) is 5.41 Å². The molecule has 2 unspecified atom stereocenters. The summed E-state index contributed by atoms with van der Waals surface area (Å²) in [4.78, 5) is 9.28. The highest BCUT2D eigenvalue weighted by Crippen LogP contribution is 2.63. The Kier molecular flexibility index (Phi) is 2.45. The first-order valence-corrected chi connectivity index (χ1v) is 8.58. The van der Waals surface area contributed by atoms with Gasteiger partial charge in [0.15, 0.2) is 11.2 Å². The van der Waals surface area contributed by atoms with E-state index in [4.69, 9.17) is 8.83 Å². The maximum absolute atomic E-state index is 6.02. The van der Waals surface area contributed by atoms with Crippen molar-refractivity contribution in [1.82, 2.24) is 9.97 Å². The summed E-state index contributed by atoms with van der Waals surface area (Å²) < 4.78 is 11.9. The van der Waals surface area contributed by atoms with Crippen LogP contribution in [-0.4, -0.2) is 9.97 Å². The van der Waals surface area contributed by atoms with Crippen molar-refractivity contribution in [2.75, 3.05) is 0 Å². The Labute approximate surface area is 149 Å². The van der Waals surface area contributed by atoms with Gasteiger partial charge in [0.1, 0.15) is 11.0 Å². The highest BCUT2D eigenvalue weighted by Gasteiger charge is 2.61. The monoisotopic (exact) mass is 338 g/mol. The number of nitrogens with zero attached hydrogens (tertiary/aromatic N) is 2. The number of para-hydroxylation sites is 4. The molecule has 4 aromatic rings. The summed E-state index contributed by atoms with van der Waals surface area (Å²) in [6, 6.07) is 15.6. The zero-order valence-electron chi connectivity index (χ0n) is 13.8.